The Labute approximate surface area is 280 Å². The Balaban J connectivity index is 2.09. The maximum absolute atomic E-state index is 13.4. The molecule has 48 heavy (non-hydrogen) atoms. The second-order valence-corrected chi connectivity index (χ2v) is 14.3. The van der Waals surface area contributed by atoms with Crippen molar-refractivity contribution in [1.82, 2.24) is 0 Å². The van der Waals surface area contributed by atoms with Gasteiger partial charge in [-0.1, -0.05) is 34.3 Å². The third kappa shape index (κ3) is 6.57. The van der Waals surface area contributed by atoms with Crippen LogP contribution in [0.2, 0.25) is 0 Å². The molecule has 0 bridgehead atoms. The lowest BCUT2D eigenvalue weighted by Crippen LogP contribution is -2.73. The topological polar surface area (TPSA) is 191 Å². The number of carbonyl (C=O) groups excluding carboxylic acids is 6. The Bertz CT molecular complexity index is 1350. The van der Waals surface area contributed by atoms with Crippen molar-refractivity contribution >= 4 is 35.8 Å². The monoisotopic (exact) mass is 680 g/mol. The molecule has 4 aliphatic rings. The SMILES string of the molecule is C=C1C(OC(C)=O)CC(OC(C)=O)C2(C)C(OC(C)=O)CC(OC(=O)CC(C)C)C3(CO3)C2C(OC(C)=O)C2(O)C(C)C(=O)OC2C1C. The number of fused-ring (bicyclic) bond motifs is 3. The standard InChI is InChI=1S/C34H48O14/c1-15(2)11-27(39)47-26-13-25(45-21(8)37)32(10)24(44-20(7)36)12-23(43-19(6)35)16(3)17(4)29-34(41,18(5)31(40)48-29)30(46-22(9)38)28(32)33(26)14-42-33/h15,17-18,23-26,28-30,41H,3,11-14H2,1-2,4-10H3. The molecule has 0 aromatic heterocycles. The molecule has 4 rings (SSSR count). The van der Waals surface area contributed by atoms with Crippen LogP contribution in [0.3, 0.4) is 0 Å². The molecule has 1 N–H and O–H groups in total. The average molecular weight is 681 g/mol. The van der Waals surface area contributed by atoms with E-state index in [1.165, 1.54) is 27.7 Å². The predicted octanol–water partition coefficient (Wildman–Crippen LogP) is 2.35. The summed E-state index contributed by atoms with van der Waals surface area (Å²) in [4.78, 5) is 77.5. The Kier molecular flexibility index (Phi) is 10.4. The zero-order valence-corrected chi connectivity index (χ0v) is 29.1. The van der Waals surface area contributed by atoms with E-state index in [0.29, 0.717) is 0 Å². The van der Waals surface area contributed by atoms with E-state index in [1.807, 2.05) is 13.8 Å². The summed E-state index contributed by atoms with van der Waals surface area (Å²) in [5.74, 6) is -7.82. The second-order valence-electron chi connectivity index (χ2n) is 14.3. The predicted molar refractivity (Wildman–Crippen MR) is 163 cm³/mol. The van der Waals surface area contributed by atoms with Gasteiger partial charge in [0.05, 0.1) is 17.9 Å². The highest BCUT2D eigenvalue weighted by atomic mass is 16.6. The Morgan fingerprint density at radius 1 is 0.875 bits per heavy atom. The fraction of sp³-hybridized carbons (Fsp3) is 0.765. The third-order valence-corrected chi connectivity index (χ3v) is 10.5. The molecule has 0 aromatic rings. The number of epoxide rings is 1. The molecule has 4 fully saturated rings. The van der Waals surface area contributed by atoms with Gasteiger partial charge in [0.15, 0.2) is 5.60 Å². The van der Waals surface area contributed by atoms with Crippen LogP contribution in [0.1, 0.15) is 81.6 Å². The smallest absolute Gasteiger partial charge is 0.312 e. The fourth-order valence-corrected chi connectivity index (χ4v) is 8.14. The first-order valence-corrected chi connectivity index (χ1v) is 16.3. The third-order valence-electron chi connectivity index (χ3n) is 10.5. The van der Waals surface area contributed by atoms with Crippen molar-refractivity contribution < 1.29 is 67.0 Å². The van der Waals surface area contributed by atoms with Gasteiger partial charge in [0.1, 0.15) is 42.2 Å². The Morgan fingerprint density at radius 2 is 1.40 bits per heavy atom. The maximum atomic E-state index is 13.4. The van der Waals surface area contributed by atoms with Crippen LogP contribution in [0.15, 0.2) is 12.2 Å². The summed E-state index contributed by atoms with van der Waals surface area (Å²) in [7, 11) is 0. The van der Waals surface area contributed by atoms with Crippen LogP contribution in [0.4, 0.5) is 0 Å². The number of hydrogen-bond acceptors (Lipinski definition) is 14. The van der Waals surface area contributed by atoms with E-state index in [1.54, 1.807) is 13.8 Å². The van der Waals surface area contributed by atoms with Gasteiger partial charge in [-0.2, -0.15) is 0 Å². The largest absolute Gasteiger partial charge is 0.462 e. The van der Waals surface area contributed by atoms with Crippen molar-refractivity contribution in [2.75, 3.05) is 6.61 Å². The normalized spacial score (nSPS) is 40.5. The highest BCUT2D eigenvalue weighted by Gasteiger charge is 2.79. The average Bonchev–Trinajstić information content (AvgIpc) is 3.70. The molecular formula is C34H48O14. The van der Waals surface area contributed by atoms with Crippen molar-refractivity contribution in [1.29, 1.82) is 0 Å². The van der Waals surface area contributed by atoms with Crippen molar-refractivity contribution in [3.63, 3.8) is 0 Å². The van der Waals surface area contributed by atoms with Crippen LogP contribution in [0.25, 0.3) is 0 Å². The van der Waals surface area contributed by atoms with Gasteiger partial charge >= 0.3 is 35.8 Å². The molecule has 2 saturated carbocycles. The summed E-state index contributed by atoms with van der Waals surface area (Å²) in [6.45, 7) is 17.1. The highest BCUT2D eigenvalue weighted by molar-refractivity contribution is 5.77. The van der Waals surface area contributed by atoms with Gasteiger partial charge in [-0.3, -0.25) is 28.8 Å². The quantitative estimate of drug-likeness (QED) is 0.178. The van der Waals surface area contributed by atoms with Gasteiger partial charge in [-0.15, -0.1) is 0 Å². The van der Waals surface area contributed by atoms with Crippen LogP contribution in [0.5, 0.6) is 0 Å². The summed E-state index contributed by atoms with van der Waals surface area (Å²) >= 11 is 0. The van der Waals surface area contributed by atoms with Crippen LogP contribution < -0.4 is 0 Å². The van der Waals surface area contributed by atoms with Crippen LogP contribution >= 0.6 is 0 Å². The van der Waals surface area contributed by atoms with Crippen molar-refractivity contribution in [2.45, 2.75) is 129 Å². The van der Waals surface area contributed by atoms with Gasteiger partial charge in [0, 0.05) is 58.8 Å². The molecule has 2 saturated heterocycles. The zero-order valence-electron chi connectivity index (χ0n) is 29.1. The number of carbonyl (C=O) groups is 6. The minimum atomic E-state index is -2.29. The fourth-order valence-electron chi connectivity index (χ4n) is 8.14. The molecule has 1 spiro atoms. The van der Waals surface area contributed by atoms with Crippen LogP contribution in [-0.2, 0) is 61.9 Å². The zero-order chi connectivity index (χ0) is 36.1. The lowest BCUT2D eigenvalue weighted by molar-refractivity contribution is -0.264. The molecular weight excluding hydrogens is 632 g/mol. The van der Waals surface area contributed by atoms with Gasteiger partial charge in [0.25, 0.3) is 0 Å². The minimum Gasteiger partial charge on any atom is -0.462 e. The lowest BCUT2D eigenvalue weighted by Gasteiger charge is -2.58. The van der Waals surface area contributed by atoms with E-state index in [-0.39, 0.29) is 37.4 Å². The van der Waals surface area contributed by atoms with Gasteiger partial charge in [-0.25, -0.2) is 0 Å². The van der Waals surface area contributed by atoms with Gasteiger partial charge in [-0.05, 0) is 18.4 Å². The summed E-state index contributed by atoms with van der Waals surface area (Å²) in [6.07, 6.45) is -7.99. The van der Waals surface area contributed by atoms with Crippen molar-refractivity contribution in [3.8, 4) is 0 Å². The van der Waals surface area contributed by atoms with E-state index in [4.69, 9.17) is 33.2 Å². The molecule has 0 radical (unpaired) electrons. The molecule has 14 heteroatoms. The van der Waals surface area contributed by atoms with Gasteiger partial charge < -0.3 is 38.3 Å². The van der Waals surface area contributed by atoms with E-state index in [2.05, 4.69) is 6.58 Å². The molecule has 268 valence electrons. The van der Waals surface area contributed by atoms with Gasteiger partial charge in [0.2, 0.25) is 0 Å². The van der Waals surface area contributed by atoms with Crippen LogP contribution in [-0.4, -0.2) is 95.4 Å². The Morgan fingerprint density at radius 3 is 1.88 bits per heavy atom. The molecule has 0 aromatic carbocycles. The second kappa shape index (κ2) is 13.4. The van der Waals surface area contributed by atoms with Crippen molar-refractivity contribution in [2.24, 2.45) is 29.1 Å². The number of rotatable bonds is 7. The van der Waals surface area contributed by atoms with Crippen LogP contribution in [0, 0.1) is 29.1 Å². The van der Waals surface area contributed by atoms with E-state index in [0.717, 1.165) is 6.92 Å². The molecule has 2 heterocycles. The summed E-state index contributed by atoms with van der Waals surface area (Å²) in [5.41, 5.74) is -5.15. The summed E-state index contributed by atoms with van der Waals surface area (Å²) < 4.78 is 41.7. The molecule has 12 unspecified atom stereocenters. The van der Waals surface area contributed by atoms with E-state index in [9.17, 15) is 33.9 Å². The van der Waals surface area contributed by atoms with E-state index >= 15 is 0 Å². The minimum absolute atomic E-state index is 0.0518. The number of aliphatic hydroxyl groups is 1. The first kappa shape index (κ1) is 37.3. The summed E-state index contributed by atoms with van der Waals surface area (Å²) in [5, 5.41) is 12.9. The summed E-state index contributed by atoms with van der Waals surface area (Å²) in [6, 6.07) is 0. The Hall–Kier alpha value is -3.52. The first-order valence-electron chi connectivity index (χ1n) is 16.3. The number of ether oxygens (including phenoxy) is 7. The van der Waals surface area contributed by atoms with Crippen molar-refractivity contribution in [3.05, 3.63) is 12.2 Å². The lowest BCUT2D eigenvalue weighted by atomic mass is 9.51. The maximum Gasteiger partial charge on any atom is 0.312 e. The van der Waals surface area contributed by atoms with E-state index < -0.39 is 107 Å². The number of hydrogen-bond donors (Lipinski definition) is 1. The first-order chi connectivity index (χ1) is 22.2. The molecule has 2 aliphatic carbocycles. The molecule has 12 atom stereocenters. The number of esters is 6. The highest BCUT2D eigenvalue weighted by Crippen LogP contribution is 2.63. The molecule has 14 nitrogen and oxygen atoms in total. The molecule has 2 aliphatic heterocycles. The molecule has 0 amide bonds.